The number of anilines is 1. The number of carboxylic acids is 1. The van der Waals surface area contributed by atoms with Crippen LogP contribution in [-0.4, -0.2) is 26.7 Å². The number of amides is 1. The smallest absolute Gasteiger partial charge is 0.356 e. The summed E-state index contributed by atoms with van der Waals surface area (Å²) in [6.45, 7) is 0. The van der Waals surface area contributed by atoms with Gasteiger partial charge in [0.1, 0.15) is 0 Å². The van der Waals surface area contributed by atoms with Crippen molar-refractivity contribution in [2.24, 2.45) is 0 Å². The van der Waals surface area contributed by atoms with Crippen LogP contribution in [0.15, 0.2) is 55.0 Å². The molecule has 0 unspecified atom stereocenters. The van der Waals surface area contributed by atoms with E-state index < -0.39 is 12.0 Å². The Balaban J connectivity index is 1.91. The molecule has 0 fully saturated rings. The maximum Gasteiger partial charge on any atom is 0.356 e. The molecule has 3 rings (SSSR count). The number of hydrogen-bond donors (Lipinski definition) is 2. The van der Waals surface area contributed by atoms with Gasteiger partial charge in [-0.2, -0.15) is 0 Å². The second-order valence-corrected chi connectivity index (χ2v) is 4.43. The van der Waals surface area contributed by atoms with E-state index in [0.717, 1.165) is 10.8 Å². The van der Waals surface area contributed by atoms with E-state index in [1.165, 1.54) is 16.8 Å². The fraction of sp³-hybridized carbons (Fsp3) is 0. The number of carbonyl (C=O) groups is 2. The Bertz CT molecular complexity index is 806. The van der Waals surface area contributed by atoms with Crippen LogP contribution < -0.4 is 5.32 Å². The fourth-order valence-corrected chi connectivity index (χ4v) is 2.06. The first-order valence-corrected chi connectivity index (χ1v) is 6.21. The minimum atomic E-state index is -1.19. The number of nitrogens with one attached hydrogen (secondary N) is 1. The molecule has 0 aliphatic rings. The number of benzene rings is 1. The van der Waals surface area contributed by atoms with Crippen LogP contribution in [0, 0.1) is 0 Å². The highest BCUT2D eigenvalue weighted by Gasteiger charge is 2.14. The van der Waals surface area contributed by atoms with Crippen LogP contribution in [0.4, 0.5) is 10.5 Å². The van der Waals surface area contributed by atoms with Crippen molar-refractivity contribution >= 4 is 28.5 Å². The van der Waals surface area contributed by atoms with Crippen molar-refractivity contribution in [3.63, 3.8) is 0 Å². The summed E-state index contributed by atoms with van der Waals surface area (Å²) in [6.07, 6.45) is 4.73. The first-order chi connectivity index (χ1) is 10.1. The Kier molecular flexibility index (Phi) is 3.12. The zero-order valence-electron chi connectivity index (χ0n) is 10.9. The summed E-state index contributed by atoms with van der Waals surface area (Å²) in [4.78, 5) is 27.0. The van der Waals surface area contributed by atoms with Gasteiger partial charge in [-0.1, -0.05) is 24.3 Å². The van der Waals surface area contributed by atoms with Crippen molar-refractivity contribution in [2.45, 2.75) is 0 Å². The summed E-state index contributed by atoms with van der Waals surface area (Å²) in [5.41, 5.74) is -0.0321. The highest BCUT2D eigenvalue weighted by Crippen LogP contribution is 2.16. The SMILES string of the molecule is O=C(O)c1ncccc1NC(=O)n1cc2ccccc2c1. The lowest BCUT2D eigenvalue weighted by molar-refractivity contribution is 0.0692. The second kappa shape index (κ2) is 5.09. The van der Waals surface area contributed by atoms with Crippen molar-refractivity contribution < 1.29 is 14.7 Å². The molecule has 0 bridgehead atoms. The first kappa shape index (κ1) is 12.9. The number of carboxylic acid groups (broad SMARTS) is 1. The number of aromatic carboxylic acids is 1. The third-order valence-corrected chi connectivity index (χ3v) is 3.04. The Morgan fingerprint density at radius 3 is 2.33 bits per heavy atom. The van der Waals surface area contributed by atoms with Crippen molar-refractivity contribution in [1.82, 2.24) is 9.55 Å². The van der Waals surface area contributed by atoms with Crippen LogP contribution in [0.2, 0.25) is 0 Å². The van der Waals surface area contributed by atoms with Gasteiger partial charge in [-0.15, -0.1) is 0 Å². The number of pyridine rings is 1. The maximum absolute atomic E-state index is 12.2. The Morgan fingerprint density at radius 1 is 1.05 bits per heavy atom. The lowest BCUT2D eigenvalue weighted by atomic mass is 10.2. The zero-order valence-corrected chi connectivity index (χ0v) is 10.9. The second-order valence-electron chi connectivity index (χ2n) is 4.43. The van der Waals surface area contributed by atoms with E-state index in [1.54, 1.807) is 18.5 Å². The van der Waals surface area contributed by atoms with Gasteiger partial charge < -0.3 is 10.4 Å². The van der Waals surface area contributed by atoms with Crippen LogP contribution in [0.25, 0.3) is 10.8 Å². The third kappa shape index (κ3) is 2.46. The fourth-order valence-electron chi connectivity index (χ4n) is 2.06. The van der Waals surface area contributed by atoms with E-state index in [-0.39, 0.29) is 11.4 Å². The summed E-state index contributed by atoms with van der Waals surface area (Å²) in [7, 11) is 0. The average Bonchev–Trinajstić information content (AvgIpc) is 2.91. The molecule has 1 amide bonds. The molecule has 0 radical (unpaired) electrons. The summed E-state index contributed by atoms with van der Waals surface area (Å²) in [6, 6.07) is 10.2. The van der Waals surface area contributed by atoms with Gasteiger partial charge >= 0.3 is 12.0 Å². The van der Waals surface area contributed by atoms with Gasteiger partial charge in [-0.3, -0.25) is 4.57 Å². The number of fused-ring (bicyclic) bond motifs is 1. The molecule has 2 aromatic heterocycles. The normalized spacial score (nSPS) is 10.5. The van der Waals surface area contributed by atoms with Crippen LogP contribution >= 0.6 is 0 Å². The number of aromatic nitrogens is 2. The van der Waals surface area contributed by atoms with E-state index in [1.807, 2.05) is 24.3 Å². The molecule has 0 saturated heterocycles. The third-order valence-electron chi connectivity index (χ3n) is 3.04. The van der Waals surface area contributed by atoms with Crippen molar-refractivity contribution in [3.8, 4) is 0 Å². The molecule has 0 saturated carbocycles. The largest absolute Gasteiger partial charge is 0.476 e. The van der Waals surface area contributed by atoms with Gasteiger partial charge in [0.2, 0.25) is 0 Å². The maximum atomic E-state index is 12.2. The highest BCUT2D eigenvalue weighted by molar-refractivity contribution is 6.00. The molecule has 104 valence electrons. The summed E-state index contributed by atoms with van der Waals surface area (Å²) in [5.74, 6) is -1.19. The van der Waals surface area contributed by atoms with Crippen LogP contribution in [0.1, 0.15) is 10.5 Å². The predicted octanol–water partition coefficient (Wildman–Crippen LogP) is 2.81. The highest BCUT2D eigenvalue weighted by atomic mass is 16.4. The minimum absolute atomic E-state index is 0.160. The van der Waals surface area contributed by atoms with Crippen LogP contribution in [0.5, 0.6) is 0 Å². The van der Waals surface area contributed by atoms with E-state index >= 15 is 0 Å². The van der Waals surface area contributed by atoms with Gasteiger partial charge in [0.15, 0.2) is 5.69 Å². The van der Waals surface area contributed by atoms with E-state index in [4.69, 9.17) is 5.11 Å². The minimum Gasteiger partial charge on any atom is -0.476 e. The lowest BCUT2D eigenvalue weighted by Gasteiger charge is -2.07. The Morgan fingerprint density at radius 2 is 1.71 bits per heavy atom. The van der Waals surface area contributed by atoms with Crippen LogP contribution in [-0.2, 0) is 0 Å². The number of rotatable bonds is 2. The molecular formula is C15H11N3O3. The first-order valence-electron chi connectivity index (χ1n) is 6.21. The van der Waals surface area contributed by atoms with E-state index in [0.29, 0.717) is 0 Å². The number of nitrogens with zero attached hydrogens (tertiary/aromatic N) is 2. The van der Waals surface area contributed by atoms with Gasteiger partial charge in [-0.05, 0) is 22.9 Å². The molecule has 0 atom stereocenters. The monoisotopic (exact) mass is 281 g/mol. The average molecular weight is 281 g/mol. The molecule has 2 N–H and O–H groups in total. The van der Waals surface area contributed by atoms with Gasteiger partial charge in [0.05, 0.1) is 5.69 Å². The standard InChI is InChI=1S/C15H11N3O3/c19-14(20)13-12(6-3-7-16-13)17-15(21)18-8-10-4-1-2-5-11(10)9-18/h1-9H,(H,17,21)(H,19,20). The Hall–Kier alpha value is -3.15. The van der Waals surface area contributed by atoms with Crippen LogP contribution in [0.3, 0.4) is 0 Å². The molecule has 1 aromatic carbocycles. The zero-order chi connectivity index (χ0) is 14.8. The molecule has 2 heterocycles. The van der Waals surface area contributed by atoms with Crippen molar-refractivity contribution in [2.75, 3.05) is 5.32 Å². The van der Waals surface area contributed by atoms with E-state index in [2.05, 4.69) is 10.3 Å². The molecule has 0 aliphatic heterocycles. The van der Waals surface area contributed by atoms with E-state index in [9.17, 15) is 9.59 Å². The Labute approximate surface area is 119 Å². The van der Waals surface area contributed by atoms with Gasteiger partial charge in [0, 0.05) is 18.6 Å². The lowest BCUT2D eigenvalue weighted by Crippen LogP contribution is -2.20. The molecule has 6 nitrogen and oxygen atoms in total. The molecule has 21 heavy (non-hydrogen) atoms. The molecule has 6 heteroatoms. The number of carbonyl (C=O) groups excluding carboxylic acids is 1. The van der Waals surface area contributed by atoms with Gasteiger partial charge in [-0.25, -0.2) is 14.6 Å². The molecule has 0 aliphatic carbocycles. The molecular weight excluding hydrogens is 270 g/mol. The topological polar surface area (TPSA) is 84.2 Å². The summed E-state index contributed by atoms with van der Waals surface area (Å²) >= 11 is 0. The quantitative estimate of drug-likeness (QED) is 0.756. The summed E-state index contributed by atoms with van der Waals surface area (Å²) in [5, 5.41) is 13.4. The number of hydrogen-bond acceptors (Lipinski definition) is 3. The molecule has 0 spiro atoms. The predicted molar refractivity (Wildman–Crippen MR) is 77.6 cm³/mol. The van der Waals surface area contributed by atoms with Crippen molar-refractivity contribution in [1.29, 1.82) is 0 Å². The van der Waals surface area contributed by atoms with Gasteiger partial charge in [0.25, 0.3) is 0 Å². The molecule has 3 aromatic rings. The summed E-state index contributed by atoms with van der Waals surface area (Å²) < 4.78 is 1.38. The van der Waals surface area contributed by atoms with Crippen molar-refractivity contribution in [3.05, 3.63) is 60.7 Å².